The van der Waals surface area contributed by atoms with E-state index >= 15 is 0 Å². The first kappa shape index (κ1) is 11.9. The van der Waals surface area contributed by atoms with Crippen molar-refractivity contribution in [1.82, 2.24) is 5.32 Å². The highest BCUT2D eigenvalue weighted by molar-refractivity contribution is 6.04. The van der Waals surface area contributed by atoms with E-state index in [1.807, 2.05) is 25.1 Å². The van der Waals surface area contributed by atoms with Crippen LogP contribution in [0.4, 0.5) is 5.69 Å². The number of rotatable bonds is 5. The van der Waals surface area contributed by atoms with E-state index in [1.165, 1.54) is 0 Å². The lowest BCUT2D eigenvalue weighted by atomic mass is 10.1. The Bertz CT molecular complexity index is 418. The number of fused-ring (bicyclic) bond motifs is 1. The van der Waals surface area contributed by atoms with E-state index in [4.69, 9.17) is 4.74 Å². The Morgan fingerprint density at radius 1 is 1.41 bits per heavy atom. The minimum atomic E-state index is -0.245. The van der Waals surface area contributed by atoms with Gasteiger partial charge in [-0.25, -0.2) is 0 Å². The second-order valence-corrected chi connectivity index (χ2v) is 4.03. The third kappa shape index (κ3) is 2.26. The number of hydrogen-bond acceptors (Lipinski definition) is 3. The van der Waals surface area contributed by atoms with Gasteiger partial charge in [0.05, 0.1) is 12.3 Å². The number of benzene rings is 1. The molecule has 0 radical (unpaired) electrons. The lowest BCUT2D eigenvalue weighted by molar-refractivity contribution is -0.117. The Morgan fingerprint density at radius 2 is 2.24 bits per heavy atom. The van der Waals surface area contributed by atoms with Crippen LogP contribution in [-0.2, 0) is 4.79 Å². The topological polar surface area (TPSA) is 50.4 Å². The highest BCUT2D eigenvalue weighted by Gasteiger charge is 2.31. The molecule has 1 unspecified atom stereocenters. The Labute approximate surface area is 101 Å². The molecular weight excluding hydrogens is 216 g/mol. The van der Waals surface area contributed by atoms with E-state index in [0.29, 0.717) is 6.61 Å². The molecule has 0 saturated heterocycles. The lowest BCUT2D eigenvalue weighted by Crippen LogP contribution is -2.27. The highest BCUT2D eigenvalue weighted by Crippen LogP contribution is 2.38. The van der Waals surface area contributed by atoms with Crippen molar-refractivity contribution in [3.05, 3.63) is 23.8 Å². The van der Waals surface area contributed by atoms with Gasteiger partial charge in [0.2, 0.25) is 5.91 Å². The third-order valence-electron chi connectivity index (χ3n) is 2.78. The first-order valence-electron chi connectivity index (χ1n) is 6.07. The first-order chi connectivity index (χ1) is 8.27. The number of nitrogens with one attached hydrogen (secondary N) is 2. The zero-order valence-electron chi connectivity index (χ0n) is 10.2. The summed E-state index contributed by atoms with van der Waals surface area (Å²) >= 11 is 0. The number of hydrogen-bond donors (Lipinski definition) is 2. The predicted octanol–water partition coefficient (Wildman–Crippen LogP) is 2.08. The molecule has 92 valence electrons. The third-order valence-corrected chi connectivity index (χ3v) is 2.78. The summed E-state index contributed by atoms with van der Waals surface area (Å²) in [7, 11) is 0. The minimum Gasteiger partial charge on any atom is -0.492 e. The molecular formula is C13H18N2O2. The minimum absolute atomic E-state index is 0.000558. The van der Waals surface area contributed by atoms with Crippen LogP contribution in [0.15, 0.2) is 18.2 Å². The smallest absolute Gasteiger partial charge is 0.246 e. The van der Waals surface area contributed by atoms with Crippen LogP contribution in [-0.4, -0.2) is 19.1 Å². The van der Waals surface area contributed by atoms with Crippen molar-refractivity contribution < 1.29 is 9.53 Å². The Morgan fingerprint density at radius 3 is 2.94 bits per heavy atom. The fourth-order valence-corrected chi connectivity index (χ4v) is 2.03. The van der Waals surface area contributed by atoms with Crippen molar-refractivity contribution >= 4 is 11.6 Å². The average molecular weight is 234 g/mol. The summed E-state index contributed by atoms with van der Waals surface area (Å²) in [5.74, 6) is 0.750. The van der Waals surface area contributed by atoms with Gasteiger partial charge in [0.25, 0.3) is 0 Å². The van der Waals surface area contributed by atoms with Gasteiger partial charge in [0.1, 0.15) is 11.8 Å². The van der Waals surface area contributed by atoms with Crippen LogP contribution >= 0.6 is 0 Å². The number of para-hydroxylation sites is 1. The molecule has 4 heteroatoms. The van der Waals surface area contributed by atoms with E-state index in [0.717, 1.165) is 30.0 Å². The normalized spacial score (nSPS) is 17.8. The number of amides is 1. The maximum atomic E-state index is 11.9. The maximum Gasteiger partial charge on any atom is 0.246 e. The zero-order valence-corrected chi connectivity index (χ0v) is 10.2. The van der Waals surface area contributed by atoms with Crippen LogP contribution in [0.3, 0.4) is 0 Å². The number of carbonyl (C=O) groups excluding carboxylic acids is 1. The van der Waals surface area contributed by atoms with Crippen molar-refractivity contribution in [1.29, 1.82) is 0 Å². The SMILES string of the molecule is CCCNC1C(=O)Nc2c(OCC)cccc21. The highest BCUT2D eigenvalue weighted by atomic mass is 16.5. The monoisotopic (exact) mass is 234 g/mol. The van der Waals surface area contributed by atoms with Gasteiger partial charge >= 0.3 is 0 Å². The van der Waals surface area contributed by atoms with Gasteiger partial charge in [0.15, 0.2) is 0 Å². The molecule has 17 heavy (non-hydrogen) atoms. The van der Waals surface area contributed by atoms with Gasteiger partial charge in [0, 0.05) is 5.56 Å². The second kappa shape index (κ2) is 5.19. The van der Waals surface area contributed by atoms with E-state index < -0.39 is 0 Å². The molecule has 1 heterocycles. The molecule has 0 bridgehead atoms. The van der Waals surface area contributed by atoms with Crippen LogP contribution in [0.5, 0.6) is 5.75 Å². The molecule has 1 amide bonds. The van der Waals surface area contributed by atoms with Crippen LogP contribution in [0.2, 0.25) is 0 Å². The van der Waals surface area contributed by atoms with E-state index in [9.17, 15) is 4.79 Å². The Hall–Kier alpha value is -1.55. The fraction of sp³-hybridized carbons (Fsp3) is 0.462. The number of ether oxygens (including phenoxy) is 1. The number of anilines is 1. The molecule has 2 N–H and O–H groups in total. The van der Waals surface area contributed by atoms with Crippen molar-refractivity contribution in [2.45, 2.75) is 26.3 Å². The van der Waals surface area contributed by atoms with E-state index in [2.05, 4.69) is 17.6 Å². The summed E-state index contributed by atoms with van der Waals surface area (Å²) in [6.07, 6.45) is 1.00. The van der Waals surface area contributed by atoms with Gasteiger partial charge in [-0.05, 0) is 26.0 Å². The fourth-order valence-electron chi connectivity index (χ4n) is 2.03. The van der Waals surface area contributed by atoms with Crippen LogP contribution in [0.1, 0.15) is 31.9 Å². The zero-order chi connectivity index (χ0) is 12.3. The second-order valence-electron chi connectivity index (χ2n) is 4.03. The molecule has 1 aromatic rings. The molecule has 1 aromatic carbocycles. The standard InChI is InChI=1S/C13H18N2O2/c1-3-8-14-12-9-6-5-7-10(17-4-2)11(9)15-13(12)16/h5-7,12,14H,3-4,8H2,1-2H3,(H,15,16). The van der Waals surface area contributed by atoms with Gasteiger partial charge in [-0.3, -0.25) is 4.79 Å². The lowest BCUT2D eigenvalue weighted by Gasteiger charge is -2.11. The summed E-state index contributed by atoms with van der Waals surface area (Å²) in [4.78, 5) is 11.9. The summed E-state index contributed by atoms with van der Waals surface area (Å²) in [5, 5.41) is 6.12. The number of carbonyl (C=O) groups is 1. The van der Waals surface area contributed by atoms with Gasteiger partial charge in [-0.2, -0.15) is 0 Å². The Balaban J connectivity index is 2.27. The van der Waals surface area contributed by atoms with Gasteiger partial charge < -0.3 is 15.4 Å². The first-order valence-corrected chi connectivity index (χ1v) is 6.07. The molecule has 1 aliphatic heterocycles. The average Bonchev–Trinajstić information content (AvgIpc) is 2.64. The largest absolute Gasteiger partial charge is 0.492 e. The molecule has 2 rings (SSSR count). The van der Waals surface area contributed by atoms with Crippen LogP contribution < -0.4 is 15.4 Å². The summed E-state index contributed by atoms with van der Waals surface area (Å²) in [5.41, 5.74) is 1.79. The van der Waals surface area contributed by atoms with E-state index in [-0.39, 0.29) is 11.9 Å². The van der Waals surface area contributed by atoms with Crippen LogP contribution in [0, 0.1) is 0 Å². The van der Waals surface area contributed by atoms with E-state index in [1.54, 1.807) is 0 Å². The van der Waals surface area contributed by atoms with Crippen molar-refractivity contribution in [2.75, 3.05) is 18.5 Å². The maximum absolute atomic E-state index is 11.9. The van der Waals surface area contributed by atoms with Crippen molar-refractivity contribution in [2.24, 2.45) is 0 Å². The molecule has 1 aliphatic rings. The van der Waals surface area contributed by atoms with Crippen LogP contribution in [0.25, 0.3) is 0 Å². The summed E-state index contributed by atoms with van der Waals surface area (Å²) < 4.78 is 5.51. The molecule has 0 aromatic heterocycles. The quantitative estimate of drug-likeness (QED) is 0.820. The summed E-state index contributed by atoms with van der Waals surface area (Å²) in [6.45, 7) is 5.44. The molecule has 0 fully saturated rings. The molecule has 0 aliphatic carbocycles. The van der Waals surface area contributed by atoms with Crippen molar-refractivity contribution in [3.63, 3.8) is 0 Å². The van der Waals surface area contributed by atoms with Gasteiger partial charge in [-0.1, -0.05) is 19.1 Å². The molecule has 4 nitrogen and oxygen atoms in total. The van der Waals surface area contributed by atoms with Gasteiger partial charge in [-0.15, -0.1) is 0 Å². The predicted molar refractivity (Wildman–Crippen MR) is 67.3 cm³/mol. The Kier molecular flexibility index (Phi) is 3.64. The molecule has 0 saturated carbocycles. The molecule has 1 atom stereocenters. The summed E-state index contributed by atoms with van der Waals surface area (Å²) in [6, 6.07) is 5.52. The van der Waals surface area contributed by atoms with Crippen molar-refractivity contribution in [3.8, 4) is 5.75 Å². The molecule has 0 spiro atoms.